The Morgan fingerprint density at radius 2 is 1.94 bits per heavy atom. The number of nitrogens with two attached hydrogens (primary N) is 1. The molecule has 84 valence electrons. The minimum atomic E-state index is -0.608. The van der Waals surface area contributed by atoms with Gasteiger partial charge in [-0.2, -0.15) is 0 Å². The number of benzene rings is 1. The van der Waals surface area contributed by atoms with Gasteiger partial charge in [0.05, 0.1) is 10.5 Å². The molecule has 16 heavy (non-hydrogen) atoms. The van der Waals surface area contributed by atoms with Gasteiger partial charge in [0.1, 0.15) is 11.6 Å². The standard InChI is InChI=1S/C11H8Br2FNO/c12-7-3-1-2-6(10(7)14)11(15)8-4-5-9(13)16-8/h1-5,11H,15H2. The highest BCUT2D eigenvalue weighted by molar-refractivity contribution is 9.10. The molecule has 1 atom stereocenters. The van der Waals surface area contributed by atoms with Crippen LogP contribution in [0.3, 0.4) is 0 Å². The minimum Gasteiger partial charge on any atom is -0.452 e. The quantitative estimate of drug-likeness (QED) is 0.891. The van der Waals surface area contributed by atoms with E-state index in [-0.39, 0.29) is 5.82 Å². The Balaban J connectivity index is 2.41. The van der Waals surface area contributed by atoms with Gasteiger partial charge in [-0.1, -0.05) is 12.1 Å². The van der Waals surface area contributed by atoms with Gasteiger partial charge in [-0.05, 0) is 50.1 Å². The first-order valence-corrected chi connectivity index (χ1v) is 6.13. The van der Waals surface area contributed by atoms with Crippen LogP contribution in [-0.2, 0) is 0 Å². The first-order chi connectivity index (χ1) is 7.59. The molecule has 1 unspecified atom stereocenters. The zero-order valence-electron chi connectivity index (χ0n) is 8.08. The van der Waals surface area contributed by atoms with Gasteiger partial charge in [-0.3, -0.25) is 0 Å². The lowest BCUT2D eigenvalue weighted by atomic mass is 10.1. The molecule has 5 heteroatoms. The molecule has 0 amide bonds. The summed E-state index contributed by atoms with van der Waals surface area (Å²) in [7, 11) is 0. The molecule has 2 nitrogen and oxygen atoms in total. The van der Waals surface area contributed by atoms with Gasteiger partial charge in [-0.25, -0.2) is 4.39 Å². The van der Waals surface area contributed by atoms with Gasteiger partial charge < -0.3 is 10.2 Å². The summed E-state index contributed by atoms with van der Waals surface area (Å²) in [5, 5.41) is 0. The van der Waals surface area contributed by atoms with Crippen LogP contribution in [0, 0.1) is 5.82 Å². The maximum atomic E-state index is 13.8. The van der Waals surface area contributed by atoms with Crippen molar-refractivity contribution in [1.82, 2.24) is 0 Å². The van der Waals surface area contributed by atoms with E-state index in [2.05, 4.69) is 31.9 Å². The summed E-state index contributed by atoms with van der Waals surface area (Å²) in [6.07, 6.45) is 0. The summed E-state index contributed by atoms with van der Waals surface area (Å²) in [6.45, 7) is 0. The molecule has 1 aromatic heterocycles. The second-order valence-electron chi connectivity index (χ2n) is 3.26. The maximum absolute atomic E-state index is 13.8. The van der Waals surface area contributed by atoms with Gasteiger partial charge >= 0.3 is 0 Å². The lowest BCUT2D eigenvalue weighted by Gasteiger charge is -2.10. The van der Waals surface area contributed by atoms with Crippen LogP contribution in [0.4, 0.5) is 4.39 Å². The summed E-state index contributed by atoms with van der Waals surface area (Å²) < 4.78 is 20.0. The number of furan rings is 1. The molecular weight excluding hydrogens is 341 g/mol. The van der Waals surface area contributed by atoms with E-state index in [9.17, 15) is 4.39 Å². The van der Waals surface area contributed by atoms with Crippen LogP contribution in [0.15, 0.2) is 43.9 Å². The summed E-state index contributed by atoms with van der Waals surface area (Å²) >= 11 is 6.30. The van der Waals surface area contributed by atoms with E-state index in [4.69, 9.17) is 10.2 Å². The first kappa shape index (κ1) is 11.8. The molecule has 2 rings (SSSR count). The number of rotatable bonds is 2. The van der Waals surface area contributed by atoms with Crippen molar-refractivity contribution in [3.63, 3.8) is 0 Å². The highest BCUT2D eigenvalue weighted by Crippen LogP contribution is 2.28. The second kappa shape index (κ2) is 4.69. The molecule has 0 saturated carbocycles. The van der Waals surface area contributed by atoms with Crippen molar-refractivity contribution in [2.45, 2.75) is 6.04 Å². The zero-order valence-corrected chi connectivity index (χ0v) is 11.3. The van der Waals surface area contributed by atoms with Crippen LogP contribution in [0.25, 0.3) is 0 Å². The number of hydrogen-bond acceptors (Lipinski definition) is 2. The minimum absolute atomic E-state index is 0.359. The van der Waals surface area contributed by atoms with Crippen molar-refractivity contribution in [3.8, 4) is 0 Å². The Hall–Kier alpha value is -0.650. The van der Waals surface area contributed by atoms with Crippen molar-refractivity contribution in [1.29, 1.82) is 0 Å². The van der Waals surface area contributed by atoms with Crippen LogP contribution in [-0.4, -0.2) is 0 Å². The maximum Gasteiger partial charge on any atom is 0.169 e. The van der Waals surface area contributed by atoms with Crippen molar-refractivity contribution in [2.75, 3.05) is 0 Å². The Morgan fingerprint density at radius 1 is 1.19 bits per heavy atom. The summed E-state index contributed by atoms with van der Waals surface area (Å²) in [4.78, 5) is 0. The van der Waals surface area contributed by atoms with E-state index in [0.717, 1.165) is 0 Å². The monoisotopic (exact) mass is 347 g/mol. The van der Waals surface area contributed by atoms with Crippen LogP contribution in [0.5, 0.6) is 0 Å². The lowest BCUT2D eigenvalue weighted by Crippen LogP contribution is -2.12. The zero-order chi connectivity index (χ0) is 11.7. The fourth-order valence-corrected chi connectivity index (χ4v) is 2.11. The average molecular weight is 349 g/mol. The summed E-state index contributed by atoms with van der Waals surface area (Å²) in [5.41, 5.74) is 6.32. The molecule has 0 radical (unpaired) electrons. The first-order valence-electron chi connectivity index (χ1n) is 4.54. The number of halogens is 3. The van der Waals surface area contributed by atoms with Crippen LogP contribution in [0.1, 0.15) is 17.4 Å². The molecule has 1 heterocycles. The third-order valence-electron chi connectivity index (χ3n) is 2.22. The molecule has 1 aromatic carbocycles. The SMILES string of the molecule is NC(c1ccc(Br)o1)c1cccc(Br)c1F. The van der Waals surface area contributed by atoms with Crippen LogP contribution < -0.4 is 5.73 Å². The average Bonchev–Trinajstić information content (AvgIpc) is 2.68. The van der Waals surface area contributed by atoms with E-state index in [1.807, 2.05) is 0 Å². The largest absolute Gasteiger partial charge is 0.452 e. The van der Waals surface area contributed by atoms with Crippen molar-refractivity contribution in [2.24, 2.45) is 5.73 Å². The molecule has 0 bridgehead atoms. The molecule has 0 saturated heterocycles. The normalized spacial score (nSPS) is 12.8. The molecule has 0 aliphatic rings. The predicted octanol–water partition coefficient (Wildman–Crippen LogP) is 3.99. The van der Waals surface area contributed by atoms with Crippen molar-refractivity contribution in [3.05, 3.63) is 56.6 Å². The predicted molar refractivity (Wildman–Crippen MR) is 66.5 cm³/mol. The third kappa shape index (κ3) is 2.21. The smallest absolute Gasteiger partial charge is 0.169 e. The molecule has 0 aliphatic carbocycles. The molecule has 0 fully saturated rings. The van der Waals surface area contributed by atoms with Gasteiger partial charge in [0.15, 0.2) is 4.67 Å². The Morgan fingerprint density at radius 3 is 2.56 bits per heavy atom. The van der Waals surface area contributed by atoms with E-state index >= 15 is 0 Å². The molecule has 0 aliphatic heterocycles. The van der Waals surface area contributed by atoms with Gasteiger partial charge in [0.2, 0.25) is 0 Å². The lowest BCUT2D eigenvalue weighted by molar-refractivity contribution is 0.462. The highest BCUT2D eigenvalue weighted by atomic mass is 79.9. The Bertz CT molecular complexity index is 512. The fraction of sp³-hybridized carbons (Fsp3) is 0.0909. The summed E-state index contributed by atoms with van der Waals surface area (Å²) in [5.74, 6) is 0.159. The fourth-order valence-electron chi connectivity index (χ4n) is 1.41. The van der Waals surface area contributed by atoms with Crippen LogP contribution in [0.2, 0.25) is 0 Å². The Labute approximate surface area is 109 Å². The Kier molecular flexibility index (Phi) is 3.47. The van der Waals surface area contributed by atoms with Gasteiger partial charge in [0.25, 0.3) is 0 Å². The molecular formula is C11H8Br2FNO. The van der Waals surface area contributed by atoms with Gasteiger partial charge in [-0.15, -0.1) is 0 Å². The van der Waals surface area contributed by atoms with E-state index in [1.54, 1.807) is 30.3 Å². The topological polar surface area (TPSA) is 39.2 Å². The van der Waals surface area contributed by atoms with E-state index in [1.165, 1.54) is 0 Å². The molecule has 2 aromatic rings. The van der Waals surface area contributed by atoms with E-state index in [0.29, 0.717) is 20.5 Å². The molecule has 0 spiro atoms. The highest BCUT2D eigenvalue weighted by Gasteiger charge is 2.18. The number of hydrogen-bond donors (Lipinski definition) is 1. The summed E-state index contributed by atoms with van der Waals surface area (Å²) in [6, 6.07) is 7.84. The second-order valence-corrected chi connectivity index (χ2v) is 4.90. The van der Waals surface area contributed by atoms with Crippen LogP contribution >= 0.6 is 31.9 Å². The third-order valence-corrected chi connectivity index (χ3v) is 3.26. The van der Waals surface area contributed by atoms with Gasteiger partial charge in [0, 0.05) is 5.56 Å². The molecule has 2 N–H and O–H groups in total. The van der Waals surface area contributed by atoms with Crippen molar-refractivity contribution >= 4 is 31.9 Å². The van der Waals surface area contributed by atoms with E-state index < -0.39 is 6.04 Å². The van der Waals surface area contributed by atoms with Crippen molar-refractivity contribution < 1.29 is 8.81 Å².